The molecule has 21 heavy (non-hydrogen) atoms. The van der Waals surface area contributed by atoms with Crippen LogP contribution in [0.4, 0.5) is 5.69 Å². The van der Waals surface area contributed by atoms with Crippen molar-refractivity contribution in [2.45, 2.75) is 11.8 Å². The van der Waals surface area contributed by atoms with E-state index in [0.717, 1.165) is 0 Å². The van der Waals surface area contributed by atoms with E-state index in [0.29, 0.717) is 16.8 Å². The van der Waals surface area contributed by atoms with E-state index in [4.69, 9.17) is 18.0 Å². The summed E-state index contributed by atoms with van der Waals surface area (Å²) in [6.45, 7) is 1.76. The molecule has 0 heterocycles. The van der Waals surface area contributed by atoms with Crippen LogP contribution >= 0.6 is 12.2 Å². The standard InChI is InChI=1S/C15H16N2O2S2/c1-11-7-3-6-10-14(11)21(18,19)17(2)13-9-5-4-8-12(13)15(16)20/h3-10H,1-2H3,(H2,16,20). The van der Waals surface area contributed by atoms with Gasteiger partial charge in [-0.1, -0.05) is 42.5 Å². The van der Waals surface area contributed by atoms with Gasteiger partial charge in [-0.2, -0.15) is 0 Å². The van der Waals surface area contributed by atoms with Gasteiger partial charge >= 0.3 is 0 Å². The molecular formula is C15H16N2O2S2. The highest BCUT2D eigenvalue weighted by atomic mass is 32.2. The van der Waals surface area contributed by atoms with E-state index in [1.165, 1.54) is 11.4 Å². The molecule has 2 N–H and O–H groups in total. The molecule has 0 atom stereocenters. The lowest BCUT2D eigenvalue weighted by Gasteiger charge is -2.22. The van der Waals surface area contributed by atoms with Crippen molar-refractivity contribution in [3.05, 3.63) is 59.7 Å². The van der Waals surface area contributed by atoms with Crippen molar-refractivity contribution in [1.82, 2.24) is 0 Å². The molecule has 0 radical (unpaired) electrons. The average molecular weight is 320 g/mol. The SMILES string of the molecule is Cc1ccccc1S(=O)(=O)N(C)c1ccccc1C(N)=S. The second-order valence-corrected chi connectivity index (χ2v) is 7.00. The van der Waals surface area contributed by atoms with Gasteiger partial charge in [0.1, 0.15) is 4.99 Å². The molecule has 2 aromatic rings. The summed E-state index contributed by atoms with van der Waals surface area (Å²) in [5, 5.41) is 0. The first-order chi connectivity index (χ1) is 9.85. The Bertz CT molecular complexity index is 786. The quantitative estimate of drug-likeness (QED) is 0.879. The maximum atomic E-state index is 12.8. The molecule has 110 valence electrons. The Morgan fingerprint density at radius 3 is 2.29 bits per heavy atom. The van der Waals surface area contributed by atoms with Gasteiger partial charge in [0.25, 0.3) is 10.0 Å². The number of anilines is 1. The van der Waals surface area contributed by atoms with Crippen LogP contribution in [0.5, 0.6) is 0 Å². The molecule has 4 nitrogen and oxygen atoms in total. The number of para-hydroxylation sites is 1. The van der Waals surface area contributed by atoms with Crippen LogP contribution in [0.2, 0.25) is 0 Å². The number of hydrogen-bond donors (Lipinski definition) is 1. The molecule has 0 bridgehead atoms. The van der Waals surface area contributed by atoms with Crippen LogP contribution in [0, 0.1) is 6.92 Å². The third-order valence-corrected chi connectivity index (χ3v) is 5.39. The van der Waals surface area contributed by atoms with Crippen molar-refractivity contribution in [2.75, 3.05) is 11.4 Å². The predicted octanol–water partition coefficient (Wildman–Crippen LogP) is 2.45. The van der Waals surface area contributed by atoms with Gasteiger partial charge in [0, 0.05) is 12.6 Å². The third kappa shape index (κ3) is 2.91. The zero-order valence-electron chi connectivity index (χ0n) is 11.8. The van der Waals surface area contributed by atoms with Crippen molar-refractivity contribution in [3.8, 4) is 0 Å². The molecule has 0 fully saturated rings. The van der Waals surface area contributed by atoms with Crippen LogP contribution < -0.4 is 10.0 Å². The van der Waals surface area contributed by atoms with Crippen molar-refractivity contribution >= 4 is 32.9 Å². The fraction of sp³-hybridized carbons (Fsp3) is 0.133. The maximum Gasteiger partial charge on any atom is 0.264 e. The number of thiocarbonyl (C=S) groups is 1. The van der Waals surface area contributed by atoms with Gasteiger partial charge in [-0.3, -0.25) is 4.31 Å². The van der Waals surface area contributed by atoms with Gasteiger partial charge in [0.15, 0.2) is 0 Å². The van der Waals surface area contributed by atoms with Crippen molar-refractivity contribution in [1.29, 1.82) is 0 Å². The second-order valence-electron chi connectivity index (χ2n) is 4.62. The Morgan fingerprint density at radius 1 is 1.10 bits per heavy atom. The molecule has 0 amide bonds. The summed E-state index contributed by atoms with van der Waals surface area (Å²) in [5.41, 5.74) is 7.37. The minimum Gasteiger partial charge on any atom is -0.389 e. The highest BCUT2D eigenvalue weighted by Crippen LogP contribution is 2.26. The summed E-state index contributed by atoms with van der Waals surface area (Å²) >= 11 is 4.99. The molecule has 6 heteroatoms. The summed E-state index contributed by atoms with van der Waals surface area (Å²) in [6.07, 6.45) is 0. The monoisotopic (exact) mass is 320 g/mol. The van der Waals surface area contributed by atoms with Crippen LogP contribution in [0.1, 0.15) is 11.1 Å². The zero-order valence-corrected chi connectivity index (χ0v) is 13.4. The molecule has 0 saturated heterocycles. The van der Waals surface area contributed by atoms with Crippen molar-refractivity contribution in [2.24, 2.45) is 5.73 Å². The fourth-order valence-corrected chi connectivity index (χ4v) is 3.69. The highest BCUT2D eigenvalue weighted by Gasteiger charge is 2.24. The third-order valence-electron chi connectivity index (χ3n) is 3.24. The lowest BCUT2D eigenvalue weighted by molar-refractivity contribution is 0.594. The van der Waals surface area contributed by atoms with E-state index >= 15 is 0 Å². The molecule has 2 aromatic carbocycles. The number of nitrogens with zero attached hydrogens (tertiary/aromatic N) is 1. The first kappa shape index (κ1) is 15.5. The lowest BCUT2D eigenvalue weighted by Crippen LogP contribution is -2.29. The molecule has 0 aliphatic heterocycles. The normalized spacial score (nSPS) is 11.1. The summed E-state index contributed by atoms with van der Waals surface area (Å²) in [6, 6.07) is 13.8. The van der Waals surface area contributed by atoms with Crippen LogP contribution in [0.25, 0.3) is 0 Å². The smallest absolute Gasteiger partial charge is 0.264 e. The summed E-state index contributed by atoms with van der Waals surface area (Å²) in [5.74, 6) is 0. The number of sulfonamides is 1. The number of hydrogen-bond acceptors (Lipinski definition) is 3. The molecule has 0 saturated carbocycles. The van der Waals surface area contributed by atoms with E-state index in [9.17, 15) is 8.42 Å². The molecular weight excluding hydrogens is 304 g/mol. The van der Waals surface area contributed by atoms with E-state index in [2.05, 4.69) is 0 Å². The molecule has 0 aliphatic rings. The molecule has 0 aliphatic carbocycles. The van der Waals surface area contributed by atoms with Crippen LogP contribution in [0.15, 0.2) is 53.4 Å². The molecule has 0 spiro atoms. The number of rotatable bonds is 4. The fourth-order valence-electron chi connectivity index (χ4n) is 2.08. The summed E-state index contributed by atoms with van der Waals surface area (Å²) < 4.78 is 26.8. The maximum absolute atomic E-state index is 12.8. The number of benzene rings is 2. The van der Waals surface area contributed by atoms with E-state index in [1.54, 1.807) is 55.5 Å². The topological polar surface area (TPSA) is 63.4 Å². The van der Waals surface area contributed by atoms with Crippen molar-refractivity contribution in [3.63, 3.8) is 0 Å². The summed E-state index contributed by atoms with van der Waals surface area (Å²) in [4.78, 5) is 0.433. The summed E-state index contributed by atoms with van der Waals surface area (Å²) in [7, 11) is -2.16. The predicted molar refractivity (Wildman–Crippen MR) is 89.1 cm³/mol. The average Bonchev–Trinajstić information content (AvgIpc) is 2.46. The van der Waals surface area contributed by atoms with Gasteiger partial charge in [-0.25, -0.2) is 8.42 Å². The minimum atomic E-state index is -3.66. The Morgan fingerprint density at radius 2 is 1.67 bits per heavy atom. The molecule has 2 rings (SSSR count). The van der Waals surface area contributed by atoms with Crippen LogP contribution in [-0.2, 0) is 10.0 Å². The Labute approximate surface area is 130 Å². The van der Waals surface area contributed by atoms with Gasteiger partial charge in [-0.15, -0.1) is 0 Å². The largest absolute Gasteiger partial charge is 0.389 e. The number of aryl methyl sites for hydroxylation is 1. The lowest BCUT2D eigenvalue weighted by atomic mass is 10.2. The molecule has 0 unspecified atom stereocenters. The van der Waals surface area contributed by atoms with Gasteiger partial charge in [0.05, 0.1) is 10.6 Å². The van der Waals surface area contributed by atoms with Gasteiger partial charge < -0.3 is 5.73 Å². The van der Waals surface area contributed by atoms with Crippen LogP contribution in [0.3, 0.4) is 0 Å². The van der Waals surface area contributed by atoms with Crippen molar-refractivity contribution < 1.29 is 8.42 Å². The van der Waals surface area contributed by atoms with Gasteiger partial charge in [0.2, 0.25) is 0 Å². The Hall–Kier alpha value is -1.92. The van der Waals surface area contributed by atoms with Crippen LogP contribution in [-0.4, -0.2) is 20.5 Å². The highest BCUT2D eigenvalue weighted by molar-refractivity contribution is 7.92. The zero-order chi connectivity index (χ0) is 15.6. The van der Waals surface area contributed by atoms with E-state index in [-0.39, 0.29) is 9.88 Å². The number of nitrogens with two attached hydrogens (primary N) is 1. The molecule has 0 aromatic heterocycles. The first-order valence-corrected chi connectivity index (χ1v) is 8.14. The van der Waals surface area contributed by atoms with Gasteiger partial charge in [-0.05, 0) is 30.7 Å². The van der Waals surface area contributed by atoms with E-state index in [1.807, 2.05) is 0 Å². The Balaban J connectivity index is 2.57. The van der Waals surface area contributed by atoms with E-state index < -0.39 is 10.0 Å². The minimum absolute atomic E-state index is 0.164. The second kappa shape index (κ2) is 5.83. The first-order valence-electron chi connectivity index (χ1n) is 6.29. The Kier molecular flexibility index (Phi) is 4.29.